The minimum absolute atomic E-state index is 0.0570. The van der Waals surface area contributed by atoms with Gasteiger partial charge in [0.1, 0.15) is 17.2 Å². The van der Waals surface area contributed by atoms with Gasteiger partial charge < -0.3 is 14.5 Å². The molecule has 0 aliphatic heterocycles. The third-order valence-corrected chi connectivity index (χ3v) is 3.60. The van der Waals surface area contributed by atoms with Crippen LogP contribution in [-0.2, 0) is 13.6 Å². The minimum atomic E-state index is -2.87. The number of ether oxygens (including phenoxy) is 1. The Balaban J connectivity index is 1.70. The number of hydrogen-bond donors (Lipinski definition) is 1. The number of nitrogens with one attached hydrogen (secondary N) is 1. The number of rotatable bonds is 7. The number of carbonyl (C=O) groups is 1. The molecule has 0 unspecified atom stereocenters. The summed E-state index contributed by atoms with van der Waals surface area (Å²) in [5.74, 6) is 0.336. The Morgan fingerprint density at radius 2 is 2.15 bits per heavy atom. The fraction of sp³-hybridized carbons (Fsp3) is 0.167. The predicted octanol–water partition coefficient (Wildman–Crippen LogP) is 3.30. The maximum atomic E-state index is 12.4. The highest BCUT2D eigenvalue weighted by Gasteiger charge is 2.16. The van der Waals surface area contributed by atoms with Gasteiger partial charge in [-0.25, -0.2) is 0 Å². The van der Waals surface area contributed by atoms with Crippen molar-refractivity contribution in [1.82, 2.24) is 15.1 Å². The molecule has 27 heavy (non-hydrogen) atoms. The average Bonchev–Trinajstić information content (AvgIpc) is 3.28. The number of aliphatic imine (C=N–C) groups is 1. The second kappa shape index (κ2) is 8.26. The first-order valence-electron chi connectivity index (χ1n) is 7.94. The van der Waals surface area contributed by atoms with Gasteiger partial charge in [0.25, 0.3) is 5.91 Å². The molecule has 2 aromatic heterocycles. The number of aromatic nitrogens is 2. The number of alkyl halides is 2. The Labute approximate surface area is 153 Å². The van der Waals surface area contributed by atoms with Gasteiger partial charge in [0.2, 0.25) is 0 Å². The van der Waals surface area contributed by atoms with E-state index in [1.807, 2.05) is 0 Å². The zero-order chi connectivity index (χ0) is 19.2. The summed E-state index contributed by atoms with van der Waals surface area (Å²) in [4.78, 5) is 16.7. The Bertz CT molecular complexity index is 919. The zero-order valence-corrected chi connectivity index (χ0v) is 14.3. The summed E-state index contributed by atoms with van der Waals surface area (Å²) in [6, 6.07) is 9.47. The van der Waals surface area contributed by atoms with Crippen LogP contribution in [0, 0.1) is 0 Å². The van der Waals surface area contributed by atoms with E-state index in [1.54, 1.807) is 31.3 Å². The van der Waals surface area contributed by atoms with Crippen molar-refractivity contribution in [1.29, 1.82) is 0 Å². The lowest BCUT2D eigenvalue weighted by Gasteiger charge is -2.05. The van der Waals surface area contributed by atoms with Crippen LogP contribution in [0.25, 0.3) is 0 Å². The minimum Gasteiger partial charge on any atom is -0.467 e. The Morgan fingerprint density at radius 1 is 1.37 bits per heavy atom. The highest BCUT2D eigenvalue weighted by Crippen LogP contribution is 2.19. The molecule has 9 heteroatoms. The number of furan rings is 1. The first-order valence-corrected chi connectivity index (χ1v) is 7.94. The number of nitrogens with zero attached hydrogens (tertiary/aromatic N) is 3. The number of aryl methyl sites for hydroxylation is 1. The van der Waals surface area contributed by atoms with E-state index in [9.17, 15) is 13.6 Å². The van der Waals surface area contributed by atoms with Crippen molar-refractivity contribution < 1.29 is 22.7 Å². The number of carbonyl (C=O) groups excluding carboxylic acids is 1. The lowest BCUT2D eigenvalue weighted by atomic mass is 10.2. The highest BCUT2D eigenvalue weighted by molar-refractivity contribution is 5.98. The van der Waals surface area contributed by atoms with E-state index in [-0.39, 0.29) is 23.9 Å². The van der Waals surface area contributed by atoms with Crippen LogP contribution in [0.3, 0.4) is 0 Å². The van der Waals surface area contributed by atoms with Gasteiger partial charge in [-0.3, -0.25) is 14.5 Å². The van der Waals surface area contributed by atoms with Crippen LogP contribution in [0.1, 0.15) is 21.8 Å². The number of hydrogen-bond acceptors (Lipinski definition) is 5. The molecule has 1 aromatic carbocycles. The molecule has 0 saturated heterocycles. The maximum Gasteiger partial charge on any atom is 0.387 e. The summed E-state index contributed by atoms with van der Waals surface area (Å²) in [6.07, 6.45) is 4.50. The van der Waals surface area contributed by atoms with E-state index in [1.165, 1.54) is 35.5 Å². The fourth-order valence-corrected chi connectivity index (χ4v) is 2.33. The third-order valence-electron chi connectivity index (χ3n) is 3.60. The van der Waals surface area contributed by atoms with Crippen LogP contribution < -0.4 is 10.1 Å². The second-order valence-corrected chi connectivity index (χ2v) is 5.47. The SMILES string of the molecule is Cn1ncc(N=Cc2ccc(OC(F)F)cc2)c1C(=O)NCc1ccco1. The van der Waals surface area contributed by atoms with Crippen LogP contribution >= 0.6 is 0 Å². The molecule has 0 bridgehead atoms. The van der Waals surface area contributed by atoms with Crippen LogP contribution in [0.5, 0.6) is 5.75 Å². The first-order chi connectivity index (χ1) is 13.0. The Kier molecular flexibility index (Phi) is 5.60. The van der Waals surface area contributed by atoms with Gasteiger partial charge >= 0.3 is 6.61 Å². The van der Waals surface area contributed by atoms with E-state index in [2.05, 4.69) is 20.1 Å². The van der Waals surface area contributed by atoms with Gasteiger partial charge in [0.15, 0.2) is 5.69 Å². The molecular weight excluding hydrogens is 358 g/mol. The van der Waals surface area contributed by atoms with Crippen molar-refractivity contribution >= 4 is 17.8 Å². The molecule has 0 aliphatic rings. The molecule has 0 spiro atoms. The highest BCUT2D eigenvalue weighted by atomic mass is 19.3. The van der Waals surface area contributed by atoms with Crippen molar-refractivity contribution in [2.24, 2.45) is 12.0 Å². The van der Waals surface area contributed by atoms with Gasteiger partial charge in [0, 0.05) is 13.3 Å². The van der Waals surface area contributed by atoms with Crippen molar-refractivity contribution in [3.8, 4) is 5.75 Å². The molecule has 0 radical (unpaired) electrons. The Hall–Kier alpha value is -3.49. The van der Waals surface area contributed by atoms with E-state index in [4.69, 9.17) is 4.42 Å². The van der Waals surface area contributed by atoms with Gasteiger partial charge in [-0.15, -0.1) is 0 Å². The summed E-state index contributed by atoms with van der Waals surface area (Å²) >= 11 is 0. The monoisotopic (exact) mass is 374 g/mol. The molecule has 3 aromatic rings. The molecule has 1 N–H and O–H groups in total. The molecule has 0 fully saturated rings. The summed E-state index contributed by atoms with van der Waals surface area (Å²) in [5.41, 5.74) is 1.32. The summed E-state index contributed by atoms with van der Waals surface area (Å²) in [7, 11) is 1.64. The van der Waals surface area contributed by atoms with Crippen molar-refractivity contribution in [2.45, 2.75) is 13.2 Å². The fourth-order valence-electron chi connectivity index (χ4n) is 2.33. The van der Waals surface area contributed by atoms with Gasteiger partial charge in [-0.2, -0.15) is 13.9 Å². The quantitative estimate of drug-likeness (QED) is 0.644. The molecule has 0 aliphatic carbocycles. The van der Waals surface area contributed by atoms with Gasteiger partial charge in [-0.1, -0.05) is 0 Å². The third kappa shape index (κ3) is 4.78. The molecule has 0 atom stereocenters. The average molecular weight is 374 g/mol. The first kappa shape index (κ1) is 18.3. The molecular formula is C18H16F2N4O3. The van der Waals surface area contributed by atoms with Crippen LogP contribution in [0.2, 0.25) is 0 Å². The summed E-state index contributed by atoms with van der Waals surface area (Å²) < 4.78 is 35.2. The van der Waals surface area contributed by atoms with Gasteiger partial charge in [-0.05, 0) is 42.0 Å². The lowest BCUT2D eigenvalue weighted by molar-refractivity contribution is -0.0498. The number of halogens is 2. The molecule has 140 valence electrons. The lowest BCUT2D eigenvalue weighted by Crippen LogP contribution is -2.25. The van der Waals surface area contributed by atoms with E-state index >= 15 is 0 Å². The zero-order valence-electron chi connectivity index (χ0n) is 14.3. The normalized spacial score (nSPS) is 11.3. The van der Waals surface area contributed by atoms with Crippen molar-refractivity contribution in [3.63, 3.8) is 0 Å². The molecule has 2 heterocycles. The molecule has 0 saturated carbocycles. The molecule has 1 amide bonds. The smallest absolute Gasteiger partial charge is 0.387 e. The standard InChI is InChI=1S/C18H16F2N4O3/c1-24-16(17(25)22-10-14-3-2-8-26-14)15(11-23-24)21-9-12-4-6-13(7-5-12)27-18(19)20/h2-9,11,18H,10H2,1H3,(H,22,25). The van der Waals surface area contributed by atoms with Crippen molar-refractivity contribution in [3.05, 3.63) is 65.9 Å². The van der Waals surface area contributed by atoms with Gasteiger partial charge in [0.05, 0.1) is 19.0 Å². The largest absolute Gasteiger partial charge is 0.467 e. The second-order valence-electron chi connectivity index (χ2n) is 5.47. The number of amides is 1. The van der Waals surface area contributed by atoms with Crippen molar-refractivity contribution in [2.75, 3.05) is 0 Å². The molecule has 7 nitrogen and oxygen atoms in total. The summed E-state index contributed by atoms with van der Waals surface area (Å²) in [6.45, 7) is -2.63. The molecule has 3 rings (SSSR count). The number of benzene rings is 1. The van der Waals surface area contributed by atoms with E-state index in [0.717, 1.165) is 0 Å². The Morgan fingerprint density at radius 3 is 2.81 bits per heavy atom. The van der Waals surface area contributed by atoms with Crippen LogP contribution in [0.15, 0.2) is 58.3 Å². The van der Waals surface area contributed by atoms with Crippen LogP contribution in [-0.4, -0.2) is 28.5 Å². The van der Waals surface area contributed by atoms with Crippen LogP contribution in [0.4, 0.5) is 14.5 Å². The topological polar surface area (TPSA) is 81.6 Å². The van der Waals surface area contributed by atoms with E-state index in [0.29, 0.717) is 17.0 Å². The summed E-state index contributed by atoms with van der Waals surface area (Å²) in [5, 5.41) is 6.79. The predicted molar refractivity (Wildman–Crippen MR) is 93.4 cm³/mol. The van der Waals surface area contributed by atoms with E-state index < -0.39 is 6.61 Å². The maximum absolute atomic E-state index is 12.4.